The number of nitrogens with zero attached hydrogens (tertiary/aromatic N) is 4. The molecule has 6 nitrogen and oxygen atoms in total. The summed E-state index contributed by atoms with van der Waals surface area (Å²) >= 11 is 5.95. The van der Waals surface area contributed by atoms with Gasteiger partial charge in [0.1, 0.15) is 11.2 Å². The van der Waals surface area contributed by atoms with Gasteiger partial charge in [0.25, 0.3) is 0 Å². The van der Waals surface area contributed by atoms with Crippen molar-refractivity contribution >= 4 is 23.2 Å². The van der Waals surface area contributed by atoms with E-state index in [1.165, 1.54) is 0 Å². The van der Waals surface area contributed by atoms with Crippen LogP contribution in [0.25, 0.3) is 5.69 Å². The fraction of sp³-hybridized carbons (Fsp3) is 0.292. The van der Waals surface area contributed by atoms with E-state index in [9.17, 15) is 14.9 Å². The molecule has 0 amide bonds. The van der Waals surface area contributed by atoms with Crippen LogP contribution in [-0.4, -0.2) is 26.3 Å². The van der Waals surface area contributed by atoms with E-state index in [1.807, 2.05) is 31.2 Å². The molecular weight excluding hydrogens is 412 g/mol. The molecule has 156 valence electrons. The van der Waals surface area contributed by atoms with Crippen molar-refractivity contribution in [2.45, 2.75) is 44.4 Å². The second kappa shape index (κ2) is 8.44. The van der Waals surface area contributed by atoms with Gasteiger partial charge in [-0.2, -0.15) is 10.4 Å². The van der Waals surface area contributed by atoms with Crippen molar-refractivity contribution in [3.8, 4) is 11.8 Å². The number of carbonyl (C=O) groups is 2. The summed E-state index contributed by atoms with van der Waals surface area (Å²) < 4.78 is 1.71. The molecule has 7 heteroatoms. The van der Waals surface area contributed by atoms with E-state index in [1.54, 1.807) is 29.2 Å². The Morgan fingerprint density at radius 1 is 1.16 bits per heavy atom. The third-order valence-electron chi connectivity index (χ3n) is 5.94. The summed E-state index contributed by atoms with van der Waals surface area (Å²) in [5.41, 5.74) is 2.87. The van der Waals surface area contributed by atoms with E-state index in [0.29, 0.717) is 42.0 Å². The molecule has 0 aliphatic heterocycles. The summed E-state index contributed by atoms with van der Waals surface area (Å²) in [5, 5.41) is 14.7. The molecule has 31 heavy (non-hydrogen) atoms. The van der Waals surface area contributed by atoms with Gasteiger partial charge >= 0.3 is 0 Å². The van der Waals surface area contributed by atoms with Crippen LogP contribution in [0, 0.1) is 18.3 Å². The first-order valence-electron chi connectivity index (χ1n) is 10.1. The number of ketones is 2. The molecule has 1 aliphatic carbocycles. The van der Waals surface area contributed by atoms with Crippen LogP contribution in [0.1, 0.15) is 53.0 Å². The Balaban J connectivity index is 1.50. The molecule has 2 aromatic heterocycles. The molecule has 0 spiro atoms. The van der Waals surface area contributed by atoms with E-state index < -0.39 is 5.41 Å². The van der Waals surface area contributed by atoms with E-state index in [-0.39, 0.29) is 18.0 Å². The third-order valence-corrected chi connectivity index (χ3v) is 6.19. The van der Waals surface area contributed by atoms with Gasteiger partial charge in [-0.1, -0.05) is 17.7 Å². The van der Waals surface area contributed by atoms with Crippen LogP contribution in [0.15, 0.2) is 48.8 Å². The fourth-order valence-electron chi connectivity index (χ4n) is 4.00. The number of hydrogen-bond donors (Lipinski definition) is 0. The Kier molecular flexibility index (Phi) is 5.71. The fourth-order valence-corrected chi connectivity index (χ4v) is 4.13. The van der Waals surface area contributed by atoms with Crippen molar-refractivity contribution in [2.75, 3.05) is 0 Å². The van der Waals surface area contributed by atoms with Crippen LogP contribution in [0.2, 0.25) is 5.02 Å². The average molecular weight is 433 g/mol. The van der Waals surface area contributed by atoms with Gasteiger partial charge in [0, 0.05) is 30.5 Å². The van der Waals surface area contributed by atoms with Gasteiger partial charge in [0.2, 0.25) is 0 Å². The predicted octanol–water partition coefficient (Wildman–Crippen LogP) is 4.56. The van der Waals surface area contributed by atoms with Crippen molar-refractivity contribution in [1.29, 1.82) is 5.26 Å². The Morgan fingerprint density at radius 2 is 1.87 bits per heavy atom. The molecule has 1 fully saturated rings. The maximum absolute atomic E-state index is 12.9. The minimum atomic E-state index is -0.716. The van der Waals surface area contributed by atoms with Crippen molar-refractivity contribution in [3.05, 3.63) is 76.3 Å². The summed E-state index contributed by atoms with van der Waals surface area (Å²) in [5.74, 6) is 0.146. The molecule has 1 aromatic carbocycles. The van der Waals surface area contributed by atoms with E-state index in [4.69, 9.17) is 11.6 Å². The first-order chi connectivity index (χ1) is 14.9. The van der Waals surface area contributed by atoms with Gasteiger partial charge in [-0.25, -0.2) is 4.68 Å². The number of rotatable bonds is 5. The summed E-state index contributed by atoms with van der Waals surface area (Å²) in [6.45, 7) is 1.86. The number of carbonyl (C=O) groups excluding carboxylic acids is 2. The second-order valence-electron chi connectivity index (χ2n) is 7.92. The van der Waals surface area contributed by atoms with Gasteiger partial charge in [-0.05, 0) is 55.7 Å². The lowest BCUT2D eigenvalue weighted by atomic mass is 9.72. The van der Waals surface area contributed by atoms with Crippen LogP contribution in [0.4, 0.5) is 0 Å². The lowest BCUT2D eigenvalue weighted by Crippen LogP contribution is -2.31. The second-order valence-corrected chi connectivity index (χ2v) is 8.35. The normalized spacial score (nSPS) is 15.5. The van der Waals surface area contributed by atoms with E-state index >= 15 is 0 Å². The van der Waals surface area contributed by atoms with E-state index in [2.05, 4.69) is 16.2 Å². The molecule has 0 N–H and O–H groups in total. The quantitative estimate of drug-likeness (QED) is 0.551. The molecule has 0 saturated heterocycles. The number of aromatic nitrogens is 3. The third kappa shape index (κ3) is 4.14. The number of benzene rings is 1. The van der Waals surface area contributed by atoms with Crippen LogP contribution < -0.4 is 0 Å². The highest BCUT2D eigenvalue weighted by molar-refractivity contribution is 6.30. The van der Waals surface area contributed by atoms with Crippen LogP contribution in [0.3, 0.4) is 0 Å². The van der Waals surface area contributed by atoms with Gasteiger partial charge < -0.3 is 0 Å². The summed E-state index contributed by atoms with van der Waals surface area (Å²) in [4.78, 5) is 28.9. The topological polar surface area (TPSA) is 88.6 Å². The Hall–Kier alpha value is -3.30. The molecule has 4 rings (SSSR count). The van der Waals surface area contributed by atoms with Crippen LogP contribution >= 0.6 is 11.6 Å². The zero-order valence-corrected chi connectivity index (χ0v) is 17.9. The largest absolute Gasteiger partial charge is 0.300 e. The zero-order valence-electron chi connectivity index (χ0n) is 17.1. The molecule has 0 unspecified atom stereocenters. The van der Waals surface area contributed by atoms with Gasteiger partial charge in [-0.15, -0.1) is 0 Å². The smallest absolute Gasteiger partial charge is 0.170 e. The lowest BCUT2D eigenvalue weighted by Gasteiger charge is -2.29. The van der Waals surface area contributed by atoms with Crippen LogP contribution in [-0.2, 0) is 16.6 Å². The molecule has 1 aliphatic rings. The minimum Gasteiger partial charge on any atom is -0.300 e. The first-order valence-corrected chi connectivity index (χ1v) is 10.5. The predicted molar refractivity (Wildman–Crippen MR) is 116 cm³/mol. The zero-order chi connectivity index (χ0) is 22.0. The molecular formula is C24H21ClN4O2. The molecule has 2 heterocycles. The number of halogens is 1. The maximum atomic E-state index is 12.9. The van der Waals surface area contributed by atoms with Crippen molar-refractivity contribution in [3.63, 3.8) is 0 Å². The monoisotopic (exact) mass is 432 g/mol. The minimum absolute atomic E-state index is 0.0504. The maximum Gasteiger partial charge on any atom is 0.170 e. The number of pyridine rings is 1. The molecule has 0 atom stereocenters. The van der Waals surface area contributed by atoms with Gasteiger partial charge in [0.05, 0.1) is 34.9 Å². The highest BCUT2D eigenvalue weighted by Crippen LogP contribution is 2.36. The standard InChI is InChI=1S/C24H21ClN4O2/c1-16-21(14-28-29(16)19-5-3-18(25)4-6-19)22(31)12-17-2-7-23(27-13-17)24(15-26)10-8-20(30)9-11-24/h2-7,13-14H,8-12H2,1H3. The lowest BCUT2D eigenvalue weighted by molar-refractivity contribution is -0.121. The Morgan fingerprint density at radius 3 is 2.48 bits per heavy atom. The Labute approximate surface area is 185 Å². The van der Waals surface area contributed by atoms with Crippen molar-refractivity contribution < 1.29 is 9.59 Å². The molecule has 3 aromatic rings. The van der Waals surface area contributed by atoms with Crippen LogP contribution in [0.5, 0.6) is 0 Å². The highest BCUT2D eigenvalue weighted by atomic mass is 35.5. The van der Waals surface area contributed by atoms with E-state index in [0.717, 1.165) is 16.9 Å². The number of nitriles is 1. The number of hydrogen-bond acceptors (Lipinski definition) is 5. The van der Waals surface area contributed by atoms with Crippen molar-refractivity contribution in [2.24, 2.45) is 0 Å². The van der Waals surface area contributed by atoms with Gasteiger partial charge in [-0.3, -0.25) is 14.6 Å². The summed E-state index contributed by atoms with van der Waals surface area (Å²) in [7, 11) is 0. The molecule has 0 bridgehead atoms. The molecule has 1 saturated carbocycles. The summed E-state index contributed by atoms with van der Waals surface area (Å²) in [6, 6.07) is 13.3. The van der Waals surface area contributed by atoms with Gasteiger partial charge in [0.15, 0.2) is 5.78 Å². The first kappa shape index (κ1) is 21.0. The SMILES string of the molecule is Cc1c(C(=O)Cc2ccc(C3(C#N)CCC(=O)CC3)nc2)cnn1-c1ccc(Cl)cc1. The summed E-state index contributed by atoms with van der Waals surface area (Å²) in [6.07, 6.45) is 5.24. The Bertz CT molecular complexity index is 1160. The molecule has 0 radical (unpaired) electrons. The average Bonchev–Trinajstić information content (AvgIpc) is 3.17. The number of Topliss-reactive ketones (excluding diaryl/α,β-unsaturated/α-hetero) is 2. The highest BCUT2D eigenvalue weighted by Gasteiger charge is 2.37. The van der Waals surface area contributed by atoms with Crippen molar-refractivity contribution in [1.82, 2.24) is 14.8 Å².